The number of benzene rings is 1. The second kappa shape index (κ2) is 9.98. The van der Waals surface area contributed by atoms with Crippen LogP contribution in [0.3, 0.4) is 0 Å². The average Bonchev–Trinajstić information content (AvgIpc) is 2.69. The smallest absolute Gasteiger partial charge is 0.257 e. The van der Waals surface area contributed by atoms with Gasteiger partial charge in [-0.15, -0.1) is 12.4 Å². The van der Waals surface area contributed by atoms with Crippen molar-refractivity contribution >= 4 is 18.3 Å². The predicted octanol–water partition coefficient (Wildman–Crippen LogP) is 3.17. The molecule has 0 saturated carbocycles. The quantitative estimate of drug-likeness (QED) is 0.740. The van der Waals surface area contributed by atoms with Crippen LogP contribution in [0.1, 0.15) is 37.0 Å². The van der Waals surface area contributed by atoms with Crippen molar-refractivity contribution in [2.24, 2.45) is 0 Å². The summed E-state index contributed by atoms with van der Waals surface area (Å²) in [6, 6.07) is 6.02. The number of carbonyl (C=O) groups is 1. The fourth-order valence-electron chi connectivity index (χ4n) is 3.01. The van der Waals surface area contributed by atoms with Crippen LogP contribution in [0.4, 0.5) is 4.39 Å². The van der Waals surface area contributed by atoms with Crippen LogP contribution in [0.2, 0.25) is 0 Å². The van der Waals surface area contributed by atoms with E-state index >= 15 is 0 Å². The highest BCUT2D eigenvalue weighted by molar-refractivity contribution is 5.93. The van der Waals surface area contributed by atoms with Gasteiger partial charge in [0.2, 0.25) is 0 Å². The Bertz CT molecular complexity index is 786. The minimum atomic E-state index is -0.272. The summed E-state index contributed by atoms with van der Waals surface area (Å²) in [5.41, 5.74) is 0.393. The van der Waals surface area contributed by atoms with Crippen molar-refractivity contribution in [3.63, 3.8) is 0 Å². The Morgan fingerprint density at radius 3 is 2.21 bits per heavy atom. The molecule has 0 bridgehead atoms. The van der Waals surface area contributed by atoms with Crippen molar-refractivity contribution in [2.75, 3.05) is 39.3 Å². The van der Waals surface area contributed by atoms with Crippen molar-refractivity contribution < 1.29 is 13.9 Å². The molecule has 6 nitrogen and oxygen atoms in total. The lowest BCUT2D eigenvalue weighted by atomic mass is 9.96. The van der Waals surface area contributed by atoms with Gasteiger partial charge in [-0.05, 0) is 24.3 Å². The van der Waals surface area contributed by atoms with Crippen molar-refractivity contribution in [3.8, 4) is 5.75 Å². The van der Waals surface area contributed by atoms with E-state index in [0.29, 0.717) is 31.0 Å². The number of rotatable bonds is 5. The molecular formula is C21H28ClFN4O2. The lowest BCUT2D eigenvalue weighted by Gasteiger charge is -2.34. The van der Waals surface area contributed by atoms with Crippen LogP contribution in [-0.4, -0.2) is 65.0 Å². The summed E-state index contributed by atoms with van der Waals surface area (Å²) in [5, 5.41) is 0. The highest BCUT2D eigenvalue weighted by Crippen LogP contribution is 2.18. The van der Waals surface area contributed by atoms with E-state index in [4.69, 9.17) is 4.74 Å². The Morgan fingerprint density at radius 2 is 1.66 bits per heavy atom. The standard InChI is InChI=1S/C21H27FN4O2.ClH/c1-21(2,3)20-23-14-16(15-24-20)19(27)26-10-8-25(9-11-26)12-13-28-18-6-4-17(22)5-7-18;/h4-7,14-15H,8-13H2,1-3H3;1H. The van der Waals surface area contributed by atoms with Crippen LogP contribution in [0.15, 0.2) is 36.7 Å². The van der Waals surface area contributed by atoms with Gasteiger partial charge in [-0.2, -0.15) is 0 Å². The van der Waals surface area contributed by atoms with E-state index in [2.05, 4.69) is 14.9 Å². The van der Waals surface area contributed by atoms with E-state index in [-0.39, 0.29) is 29.5 Å². The van der Waals surface area contributed by atoms with Gasteiger partial charge in [0.05, 0.1) is 5.56 Å². The molecule has 0 atom stereocenters. The monoisotopic (exact) mass is 422 g/mol. The fourth-order valence-corrected chi connectivity index (χ4v) is 3.01. The van der Waals surface area contributed by atoms with Crippen LogP contribution < -0.4 is 4.74 Å². The topological polar surface area (TPSA) is 58.6 Å². The van der Waals surface area contributed by atoms with E-state index in [1.165, 1.54) is 12.1 Å². The van der Waals surface area contributed by atoms with E-state index in [1.54, 1.807) is 24.5 Å². The van der Waals surface area contributed by atoms with Gasteiger partial charge in [-0.3, -0.25) is 9.69 Å². The van der Waals surface area contributed by atoms with Gasteiger partial charge in [0, 0.05) is 50.5 Å². The molecule has 1 fully saturated rings. The van der Waals surface area contributed by atoms with E-state index < -0.39 is 0 Å². The Hall–Kier alpha value is -2.25. The molecule has 1 aliphatic heterocycles. The van der Waals surface area contributed by atoms with Gasteiger partial charge in [0.25, 0.3) is 5.91 Å². The number of piperazine rings is 1. The average molecular weight is 423 g/mol. The maximum atomic E-state index is 12.9. The van der Waals surface area contributed by atoms with Gasteiger partial charge < -0.3 is 9.64 Å². The predicted molar refractivity (Wildman–Crippen MR) is 112 cm³/mol. The summed E-state index contributed by atoms with van der Waals surface area (Å²) in [4.78, 5) is 25.5. The molecule has 158 valence electrons. The van der Waals surface area contributed by atoms with Crippen molar-refractivity contribution in [2.45, 2.75) is 26.2 Å². The zero-order chi connectivity index (χ0) is 20.1. The van der Waals surface area contributed by atoms with Crippen molar-refractivity contribution in [1.29, 1.82) is 0 Å². The minimum absolute atomic E-state index is 0. The zero-order valence-corrected chi connectivity index (χ0v) is 17.9. The lowest BCUT2D eigenvalue weighted by Crippen LogP contribution is -2.49. The van der Waals surface area contributed by atoms with Crippen LogP contribution in [0, 0.1) is 5.82 Å². The highest BCUT2D eigenvalue weighted by Gasteiger charge is 2.23. The molecule has 0 N–H and O–H groups in total. The van der Waals surface area contributed by atoms with E-state index in [9.17, 15) is 9.18 Å². The van der Waals surface area contributed by atoms with Gasteiger partial charge in [-0.1, -0.05) is 20.8 Å². The molecule has 1 saturated heterocycles. The number of nitrogens with zero attached hydrogens (tertiary/aromatic N) is 4. The molecule has 1 aromatic heterocycles. The Balaban J connectivity index is 0.00000300. The molecule has 1 aliphatic rings. The number of amides is 1. The van der Waals surface area contributed by atoms with Gasteiger partial charge in [-0.25, -0.2) is 14.4 Å². The first kappa shape index (κ1) is 23.0. The third kappa shape index (κ3) is 6.37. The normalized spacial score (nSPS) is 15.0. The summed E-state index contributed by atoms with van der Waals surface area (Å²) in [7, 11) is 0. The molecule has 1 amide bonds. The third-order valence-electron chi connectivity index (χ3n) is 4.72. The number of hydrogen-bond acceptors (Lipinski definition) is 5. The first-order chi connectivity index (χ1) is 13.3. The minimum Gasteiger partial charge on any atom is -0.492 e. The molecule has 2 heterocycles. The van der Waals surface area contributed by atoms with E-state index in [1.807, 2.05) is 25.7 Å². The fraction of sp³-hybridized carbons (Fsp3) is 0.476. The summed E-state index contributed by atoms with van der Waals surface area (Å²) in [5.74, 6) is 1.10. The zero-order valence-electron chi connectivity index (χ0n) is 17.1. The molecule has 0 radical (unpaired) electrons. The molecule has 2 aromatic rings. The molecular weight excluding hydrogens is 395 g/mol. The van der Waals surface area contributed by atoms with Crippen LogP contribution in [-0.2, 0) is 5.41 Å². The van der Waals surface area contributed by atoms with Crippen molar-refractivity contribution in [3.05, 3.63) is 53.9 Å². The third-order valence-corrected chi connectivity index (χ3v) is 4.72. The Kier molecular flexibility index (Phi) is 7.93. The second-order valence-electron chi connectivity index (χ2n) is 7.98. The number of ether oxygens (including phenoxy) is 1. The van der Waals surface area contributed by atoms with Crippen LogP contribution >= 0.6 is 12.4 Å². The van der Waals surface area contributed by atoms with E-state index in [0.717, 1.165) is 25.5 Å². The maximum absolute atomic E-state index is 12.9. The van der Waals surface area contributed by atoms with Gasteiger partial charge >= 0.3 is 0 Å². The first-order valence-electron chi connectivity index (χ1n) is 9.55. The Labute approximate surface area is 177 Å². The molecule has 3 rings (SSSR count). The maximum Gasteiger partial charge on any atom is 0.257 e. The molecule has 8 heteroatoms. The van der Waals surface area contributed by atoms with Gasteiger partial charge in [0.1, 0.15) is 24.0 Å². The molecule has 0 unspecified atom stereocenters. The Morgan fingerprint density at radius 1 is 1.07 bits per heavy atom. The largest absolute Gasteiger partial charge is 0.492 e. The second-order valence-corrected chi connectivity index (χ2v) is 7.98. The summed E-state index contributed by atoms with van der Waals surface area (Å²) in [6.07, 6.45) is 3.25. The SMILES string of the molecule is CC(C)(C)c1ncc(C(=O)N2CCN(CCOc3ccc(F)cc3)CC2)cn1.Cl. The molecule has 1 aromatic carbocycles. The summed E-state index contributed by atoms with van der Waals surface area (Å²) in [6.45, 7) is 10.3. The number of aromatic nitrogens is 2. The van der Waals surface area contributed by atoms with Gasteiger partial charge in [0.15, 0.2) is 0 Å². The first-order valence-corrected chi connectivity index (χ1v) is 9.55. The molecule has 0 spiro atoms. The number of carbonyl (C=O) groups excluding carboxylic acids is 1. The van der Waals surface area contributed by atoms with Crippen LogP contribution in [0.25, 0.3) is 0 Å². The molecule has 29 heavy (non-hydrogen) atoms. The number of hydrogen-bond donors (Lipinski definition) is 0. The summed E-state index contributed by atoms with van der Waals surface area (Å²) >= 11 is 0. The van der Waals surface area contributed by atoms with Crippen molar-refractivity contribution in [1.82, 2.24) is 19.8 Å². The number of halogens is 2. The molecule has 0 aliphatic carbocycles. The lowest BCUT2D eigenvalue weighted by molar-refractivity contribution is 0.0619. The summed E-state index contributed by atoms with van der Waals surface area (Å²) < 4.78 is 18.5. The van der Waals surface area contributed by atoms with Crippen LogP contribution in [0.5, 0.6) is 5.75 Å². The highest BCUT2D eigenvalue weighted by atomic mass is 35.5.